The van der Waals surface area contributed by atoms with Crippen molar-refractivity contribution < 1.29 is 13.2 Å². The number of hydrogen-bond acceptors (Lipinski definition) is 4. The molecule has 1 saturated carbocycles. The summed E-state index contributed by atoms with van der Waals surface area (Å²) in [5, 5.41) is 5.81. The Bertz CT molecular complexity index is 1140. The second kappa shape index (κ2) is 7.24. The highest BCUT2D eigenvalue weighted by Crippen LogP contribution is 2.44. The number of nitrogens with zero attached hydrogens (tertiary/aromatic N) is 3. The second-order valence-electron chi connectivity index (χ2n) is 6.87. The highest BCUT2D eigenvalue weighted by molar-refractivity contribution is 9.10. The van der Waals surface area contributed by atoms with E-state index < -0.39 is 10.0 Å². The van der Waals surface area contributed by atoms with E-state index in [4.69, 9.17) is 21.4 Å². The zero-order valence-electron chi connectivity index (χ0n) is 15.4. The number of anilines is 1. The summed E-state index contributed by atoms with van der Waals surface area (Å²) < 4.78 is 34.6. The number of hydrogen-bond donors (Lipinski definition) is 0. The molecule has 1 heterocycles. The predicted molar refractivity (Wildman–Crippen MR) is 115 cm³/mol. The van der Waals surface area contributed by atoms with Crippen LogP contribution in [0.5, 0.6) is 5.75 Å². The SMILES string of the molecule is COc1ccc(CN(c2nn(C3CC3)c3c(Br)ccc(Cl)c23)S(C)(=O)=O)cc1. The fraction of sp³-hybridized carbons (Fsp3) is 0.316. The molecule has 1 aromatic heterocycles. The average Bonchev–Trinajstić information content (AvgIpc) is 3.42. The Hall–Kier alpha value is -1.77. The van der Waals surface area contributed by atoms with Crippen molar-refractivity contribution in [2.24, 2.45) is 0 Å². The lowest BCUT2D eigenvalue weighted by Crippen LogP contribution is -2.30. The summed E-state index contributed by atoms with van der Waals surface area (Å²) in [5.41, 5.74) is 1.65. The van der Waals surface area contributed by atoms with Gasteiger partial charge in [-0.1, -0.05) is 23.7 Å². The molecule has 0 aliphatic heterocycles. The fourth-order valence-electron chi connectivity index (χ4n) is 3.18. The van der Waals surface area contributed by atoms with E-state index in [0.717, 1.165) is 28.4 Å². The molecule has 2 aromatic carbocycles. The van der Waals surface area contributed by atoms with Gasteiger partial charge in [0.1, 0.15) is 5.75 Å². The summed E-state index contributed by atoms with van der Waals surface area (Å²) >= 11 is 10.1. The summed E-state index contributed by atoms with van der Waals surface area (Å²) in [6.07, 6.45) is 3.23. The summed E-state index contributed by atoms with van der Waals surface area (Å²) in [5.74, 6) is 1.07. The fourth-order valence-corrected chi connectivity index (χ4v) is 4.76. The summed E-state index contributed by atoms with van der Waals surface area (Å²) in [6, 6.07) is 11.2. The van der Waals surface area contributed by atoms with E-state index in [2.05, 4.69) is 15.9 Å². The Labute approximate surface area is 177 Å². The zero-order valence-corrected chi connectivity index (χ0v) is 18.6. The highest BCUT2D eigenvalue weighted by Gasteiger charge is 2.32. The Kier molecular flexibility index (Phi) is 5.05. The molecule has 0 radical (unpaired) electrons. The summed E-state index contributed by atoms with van der Waals surface area (Å²) in [6.45, 7) is 0.155. The van der Waals surface area contributed by atoms with Crippen molar-refractivity contribution in [1.82, 2.24) is 9.78 Å². The predicted octanol–water partition coefficient (Wildman–Crippen LogP) is 4.76. The van der Waals surface area contributed by atoms with Gasteiger partial charge in [0.15, 0.2) is 5.82 Å². The van der Waals surface area contributed by atoms with E-state index in [1.807, 2.05) is 22.9 Å². The van der Waals surface area contributed by atoms with Crippen molar-refractivity contribution in [3.8, 4) is 5.75 Å². The van der Waals surface area contributed by atoms with Crippen LogP contribution < -0.4 is 9.04 Å². The van der Waals surface area contributed by atoms with Gasteiger partial charge >= 0.3 is 0 Å². The third kappa shape index (κ3) is 3.60. The molecule has 1 fully saturated rings. The molecule has 1 aliphatic rings. The number of benzene rings is 2. The zero-order chi connectivity index (χ0) is 20.1. The van der Waals surface area contributed by atoms with Gasteiger partial charge in [-0.15, -0.1) is 0 Å². The summed E-state index contributed by atoms with van der Waals surface area (Å²) in [7, 11) is -2.00. The van der Waals surface area contributed by atoms with Crippen molar-refractivity contribution in [2.75, 3.05) is 17.7 Å². The minimum atomic E-state index is -3.59. The van der Waals surface area contributed by atoms with Gasteiger partial charge in [0, 0.05) is 4.47 Å². The van der Waals surface area contributed by atoms with Gasteiger partial charge in [-0.05, 0) is 58.6 Å². The van der Waals surface area contributed by atoms with Gasteiger partial charge in [0.05, 0.1) is 41.9 Å². The first-order valence-corrected chi connectivity index (χ1v) is 11.8. The minimum absolute atomic E-state index is 0.155. The van der Waals surface area contributed by atoms with Crippen LogP contribution in [0, 0.1) is 0 Å². The van der Waals surface area contributed by atoms with Gasteiger partial charge in [-0.25, -0.2) is 12.7 Å². The normalized spacial score (nSPS) is 14.4. The van der Waals surface area contributed by atoms with Crippen LogP contribution in [-0.4, -0.2) is 31.6 Å². The third-order valence-electron chi connectivity index (χ3n) is 4.75. The lowest BCUT2D eigenvalue weighted by molar-refractivity contribution is 0.414. The molecule has 9 heteroatoms. The van der Waals surface area contributed by atoms with Crippen LogP contribution in [0.3, 0.4) is 0 Å². The lowest BCUT2D eigenvalue weighted by Gasteiger charge is -2.21. The van der Waals surface area contributed by atoms with Crippen molar-refractivity contribution in [2.45, 2.75) is 25.4 Å². The van der Waals surface area contributed by atoms with Gasteiger partial charge < -0.3 is 4.74 Å². The topological polar surface area (TPSA) is 64.4 Å². The maximum atomic E-state index is 12.7. The molecule has 0 unspecified atom stereocenters. The van der Waals surface area contributed by atoms with Crippen LogP contribution in [-0.2, 0) is 16.6 Å². The van der Waals surface area contributed by atoms with E-state index in [1.165, 1.54) is 10.6 Å². The molecule has 3 aromatic rings. The molecule has 4 rings (SSSR count). The average molecular weight is 485 g/mol. The molecule has 1 aliphatic carbocycles. The van der Waals surface area contributed by atoms with Crippen LogP contribution in [0.4, 0.5) is 5.82 Å². The second-order valence-corrected chi connectivity index (χ2v) is 10.0. The highest BCUT2D eigenvalue weighted by atomic mass is 79.9. The quantitative estimate of drug-likeness (QED) is 0.506. The number of aromatic nitrogens is 2. The Morgan fingerprint density at radius 3 is 2.50 bits per heavy atom. The Morgan fingerprint density at radius 1 is 1.25 bits per heavy atom. The van der Waals surface area contributed by atoms with Crippen molar-refractivity contribution in [1.29, 1.82) is 0 Å². The van der Waals surface area contributed by atoms with Crippen molar-refractivity contribution in [3.63, 3.8) is 0 Å². The van der Waals surface area contributed by atoms with Crippen LogP contribution in [0.2, 0.25) is 5.02 Å². The van der Waals surface area contributed by atoms with E-state index in [0.29, 0.717) is 22.0 Å². The first kappa shape index (κ1) is 19.5. The van der Waals surface area contributed by atoms with Crippen LogP contribution in [0.15, 0.2) is 40.9 Å². The molecule has 148 valence electrons. The number of fused-ring (bicyclic) bond motifs is 1. The van der Waals surface area contributed by atoms with E-state index >= 15 is 0 Å². The van der Waals surface area contributed by atoms with Crippen molar-refractivity contribution >= 4 is 54.3 Å². The van der Waals surface area contributed by atoms with Gasteiger partial charge in [-0.3, -0.25) is 4.68 Å². The third-order valence-corrected chi connectivity index (χ3v) is 6.81. The van der Waals surface area contributed by atoms with Gasteiger partial charge in [-0.2, -0.15) is 5.10 Å². The molecule has 6 nitrogen and oxygen atoms in total. The Balaban J connectivity index is 1.87. The van der Waals surface area contributed by atoms with Gasteiger partial charge in [0.2, 0.25) is 10.0 Å². The van der Waals surface area contributed by atoms with Crippen LogP contribution >= 0.6 is 27.5 Å². The largest absolute Gasteiger partial charge is 0.497 e. The first-order valence-electron chi connectivity index (χ1n) is 8.76. The standard InChI is InChI=1S/C19H19BrClN3O3S/c1-27-14-7-3-12(4-8-14)11-23(28(2,25)26)19-17-16(21)10-9-15(20)18(17)24(22-19)13-5-6-13/h3-4,7-10,13H,5-6,11H2,1-2H3. The molecular formula is C19H19BrClN3O3S. The molecule has 0 amide bonds. The summed E-state index contributed by atoms with van der Waals surface area (Å²) in [4.78, 5) is 0. The monoisotopic (exact) mass is 483 g/mol. The number of rotatable bonds is 6. The number of ether oxygens (including phenoxy) is 1. The van der Waals surface area contributed by atoms with E-state index in [-0.39, 0.29) is 12.6 Å². The Morgan fingerprint density at radius 2 is 1.93 bits per heavy atom. The van der Waals surface area contributed by atoms with E-state index in [1.54, 1.807) is 25.3 Å². The molecule has 28 heavy (non-hydrogen) atoms. The van der Waals surface area contributed by atoms with E-state index in [9.17, 15) is 8.42 Å². The first-order chi connectivity index (χ1) is 13.3. The number of methoxy groups -OCH3 is 1. The maximum Gasteiger partial charge on any atom is 0.233 e. The minimum Gasteiger partial charge on any atom is -0.497 e. The smallest absolute Gasteiger partial charge is 0.233 e. The lowest BCUT2D eigenvalue weighted by atomic mass is 10.2. The molecular weight excluding hydrogens is 466 g/mol. The molecule has 0 atom stereocenters. The number of halogens is 2. The van der Waals surface area contributed by atoms with Crippen LogP contribution in [0.1, 0.15) is 24.4 Å². The number of sulfonamides is 1. The van der Waals surface area contributed by atoms with Crippen LogP contribution in [0.25, 0.3) is 10.9 Å². The maximum absolute atomic E-state index is 12.7. The molecule has 0 spiro atoms. The van der Waals surface area contributed by atoms with Gasteiger partial charge in [0.25, 0.3) is 0 Å². The molecule has 0 saturated heterocycles. The molecule has 0 bridgehead atoms. The van der Waals surface area contributed by atoms with Crippen molar-refractivity contribution in [3.05, 3.63) is 51.5 Å². The molecule has 0 N–H and O–H groups in total.